The van der Waals surface area contributed by atoms with Gasteiger partial charge in [0.1, 0.15) is 5.82 Å². The number of fused-ring (bicyclic) bond motifs is 1. The number of anilines is 1. The van der Waals surface area contributed by atoms with Crippen molar-refractivity contribution < 1.29 is 5.11 Å². The van der Waals surface area contributed by atoms with E-state index in [1.807, 2.05) is 18.2 Å². The third-order valence-corrected chi connectivity index (χ3v) is 3.25. The number of aromatic nitrogens is 2. The lowest BCUT2D eigenvalue weighted by atomic mass is 10.2. The standard InChI is InChI=1S/C14H21N3O/c1-3-4-14-16-12-9-11(15)5-6-13(12)17(14)10(2)7-8-18/h5-6,9-10,18H,3-4,7-8,15H2,1-2H3. The lowest BCUT2D eigenvalue weighted by molar-refractivity contribution is 0.263. The number of rotatable bonds is 5. The van der Waals surface area contributed by atoms with Gasteiger partial charge in [-0.3, -0.25) is 0 Å². The van der Waals surface area contributed by atoms with Gasteiger partial charge in [0.15, 0.2) is 0 Å². The van der Waals surface area contributed by atoms with Crippen LogP contribution < -0.4 is 5.73 Å². The van der Waals surface area contributed by atoms with Gasteiger partial charge in [0.05, 0.1) is 11.0 Å². The Morgan fingerprint density at radius 2 is 2.22 bits per heavy atom. The van der Waals surface area contributed by atoms with Crippen LogP contribution in [-0.4, -0.2) is 21.3 Å². The molecule has 0 bridgehead atoms. The van der Waals surface area contributed by atoms with E-state index in [2.05, 4.69) is 23.4 Å². The zero-order chi connectivity index (χ0) is 13.1. The number of benzene rings is 1. The smallest absolute Gasteiger partial charge is 0.110 e. The first kappa shape index (κ1) is 12.9. The van der Waals surface area contributed by atoms with E-state index in [0.717, 1.165) is 41.8 Å². The van der Waals surface area contributed by atoms with Crippen molar-refractivity contribution in [2.75, 3.05) is 12.3 Å². The van der Waals surface area contributed by atoms with Crippen LogP contribution in [0.25, 0.3) is 11.0 Å². The molecule has 0 radical (unpaired) electrons. The Labute approximate surface area is 107 Å². The van der Waals surface area contributed by atoms with Gasteiger partial charge in [0.25, 0.3) is 0 Å². The number of aliphatic hydroxyl groups is 1. The van der Waals surface area contributed by atoms with Crippen LogP contribution in [-0.2, 0) is 6.42 Å². The molecule has 1 heterocycles. The van der Waals surface area contributed by atoms with Crippen LogP contribution in [0.1, 0.15) is 38.6 Å². The van der Waals surface area contributed by atoms with Gasteiger partial charge in [0.2, 0.25) is 0 Å². The number of nitrogen functional groups attached to an aromatic ring is 1. The maximum Gasteiger partial charge on any atom is 0.110 e. The highest BCUT2D eigenvalue weighted by Crippen LogP contribution is 2.25. The average molecular weight is 247 g/mol. The molecule has 1 atom stereocenters. The Balaban J connectivity index is 2.54. The highest BCUT2D eigenvalue weighted by atomic mass is 16.3. The number of nitrogens with two attached hydrogens (primary N) is 1. The predicted molar refractivity (Wildman–Crippen MR) is 74.6 cm³/mol. The summed E-state index contributed by atoms with van der Waals surface area (Å²) in [6, 6.07) is 6.09. The SMILES string of the molecule is CCCc1nc2cc(N)ccc2n1C(C)CCO. The normalized spacial score (nSPS) is 13.1. The summed E-state index contributed by atoms with van der Waals surface area (Å²) in [6.07, 6.45) is 2.75. The number of aliphatic hydroxyl groups excluding tert-OH is 1. The molecule has 0 saturated heterocycles. The summed E-state index contributed by atoms with van der Waals surface area (Å²) in [7, 11) is 0. The Morgan fingerprint density at radius 1 is 1.44 bits per heavy atom. The molecule has 0 fully saturated rings. The molecule has 1 unspecified atom stereocenters. The van der Waals surface area contributed by atoms with Gasteiger partial charge in [-0.05, 0) is 38.0 Å². The maximum atomic E-state index is 9.12. The third-order valence-electron chi connectivity index (χ3n) is 3.25. The van der Waals surface area contributed by atoms with E-state index >= 15 is 0 Å². The number of hydrogen-bond donors (Lipinski definition) is 2. The van der Waals surface area contributed by atoms with Crippen LogP contribution >= 0.6 is 0 Å². The molecular weight excluding hydrogens is 226 g/mol. The summed E-state index contributed by atoms with van der Waals surface area (Å²) in [5.41, 5.74) is 8.60. The van der Waals surface area contributed by atoms with Crippen LogP contribution in [0, 0.1) is 0 Å². The van der Waals surface area contributed by atoms with Gasteiger partial charge in [-0.1, -0.05) is 6.92 Å². The molecule has 0 amide bonds. The summed E-state index contributed by atoms with van der Waals surface area (Å²) in [5.74, 6) is 1.08. The molecule has 0 aliphatic carbocycles. The van der Waals surface area contributed by atoms with E-state index < -0.39 is 0 Å². The van der Waals surface area contributed by atoms with Crippen molar-refractivity contribution in [2.24, 2.45) is 0 Å². The van der Waals surface area contributed by atoms with E-state index in [0.29, 0.717) is 0 Å². The molecule has 4 heteroatoms. The van der Waals surface area contributed by atoms with Gasteiger partial charge in [0, 0.05) is 24.8 Å². The second-order valence-electron chi connectivity index (χ2n) is 4.76. The molecule has 0 spiro atoms. The quantitative estimate of drug-likeness (QED) is 0.798. The molecule has 3 N–H and O–H groups in total. The molecule has 2 aromatic rings. The first-order chi connectivity index (χ1) is 8.67. The van der Waals surface area contributed by atoms with Crippen molar-refractivity contribution in [2.45, 2.75) is 39.2 Å². The van der Waals surface area contributed by atoms with Crippen molar-refractivity contribution in [3.8, 4) is 0 Å². The van der Waals surface area contributed by atoms with Crippen molar-refractivity contribution in [1.82, 2.24) is 9.55 Å². The fourth-order valence-corrected chi connectivity index (χ4v) is 2.37. The topological polar surface area (TPSA) is 64.1 Å². The Hall–Kier alpha value is -1.55. The minimum Gasteiger partial charge on any atom is -0.399 e. The van der Waals surface area contributed by atoms with Crippen molar-refractivity contribution in [3.05, 3.63) is 24.0 Å². The Morgan fingerprint density at radius 3 is 2.89 bits per heavy atom. The average Bonchev–Trinajstić information content (AvgIpc) is 2.67. The number of nitrogens with zero attached hydrogens (tertiary/aromatic N) is 2. The summed E-state index contributed by atoms with van der Waals surface area (Å²) in [4.78, 5) is 4.67. The van der Waals surface area contributed by atoms with Gasteiger partial charge in [-0.2, -0.15) is 0 Å². The predicted octanol–water partition coefficient (Wildman–Crippen LogP) is 2.51. The first-order valence-electron chi connectivity index (χ1n) is 6.54. The molecule has 2 rings (SSSR count). The number of aryl methyl sites for hydroxylation is 1. The lowest BCUT2D eigenvalue weighted by Gasteiger charge is -2.16. The minimum absolute atomic E-state index is 0.196. The lowest BCUT2D eigenvalue weighted by Crippen LogP contribution is -2.10. The fourth-order valence-electron chi connectivity index (χ4n) is 2.37. The number of hydrogen-bond acceptors (Lipinski definition) is 3. The first-order valence-corrected chi connectivity index (χ1v) is 6.54. The van der Waals surface area contributed by atoms with Crippen molar-refractivity contribution in [3.63, 3.8) is 0 Å². The van der Waals surface area contributed by atoms with Gasteiger partial charge in [-0.25, -0.2) is 4.98 Å². The van der Waals surface area contributed by atoms with Gasteiger partial charge in [-0.15, -0.1) is 0 Å². The van der Waals surface area contributed by atoms with Crippen molar-refractivity contribution >= 4 is 16.7 Å². The largest absolute Gasteiger partial charge is 0.399 e. The molecule has 0 aliphatic heterocycles. The monoisotopic (exact) mass is 247 g/mol. The molecule has 1 aromatic heterocycles. The van der Waals surface area contributed by atoms with Crippen LogP contribution in [0.4, 0.5) is 5.69 Å². The van der Waals surface area contributed by atoms with Crippen LogP contribution in [0.2, 0.25) is 0 Å². The van der Waals surface area contributed by atoms with E-state index in [-0.39, 0.29) is 12.6 Å². The molecular formula is C14H21N3O. The second kappa shape index (κ2) is 5.40. The van der Waals surface area contributed by atoms with E-state index in [9.17, 15) is 0 Å². The van der Waals surface area contributed by atoms with Gasteiger partial charge < -0.3 is 15.4 Å². The molecule has 98 valence electrons. The zero-order valence-corrected chi connectivity index (χ0v) is 11.1. The maximum absolute atomic E-state index is 9.12. The van der Waals surface area contributed by atoms with Crippen LogP contribution in [0.3, 0.4) is 0 Å². The van der Waals surface area contributed by atoms with Gasteiger partial charge >= 0.3 is 0 Å². The molecule has 0 aliphatic rings. The molecule has 0 saturated carbocycles. The minimum atomic E-state index is 0.196. The third kappa shape index (κ3) is 2.34. The van der Waals surface area contributed by atoms with E-state index in [1.165, 1.54) is 0 Å². The Kier molecular flexibility index (Phi) is 3.87. The van der Waals surface area contributed by atoms with Crippen LogP contribution in [0.5, 0.6) is 0 Å². The summed E-state index contributed by atoms with van der Waals surface area (Å²) < 4.78 is 2.23. The van der Waals surface area contributed by atoms with E-state index in [4.69, 9.17) is 10.8 Å². The van der Waals surface area contributed by atoms with Crippen molar-refractivity contribution in [1.29, 1.82) is 0 Å². The number of imidazole rings is 1. The van der Waals surface area contributed by atoms with Crippen LogP contribution in [0.15, 0.2) is 18.2 Å². The molecule has 1 aromatic carbocycles. The highest BCUT2D eigenvalue weighted by molar-refractivity contribution is 5.79. The second-order valence-corrected chi connectivity index (χ2v) is 4.76. The highest BCUT2D eigenvalue weighted by Gasteiger charge is 2.15. The summed E-state index contributed by atoms with van der Waals surface area (Å²) >= 11 is 0. The Bertz CT molecular complexity index is 533. The molecule has 18 heavy (non-hydrogen) atoms. The van der Waals surface area contributed by atoms with E-state index in [1.54, 1.807) is 0 Å². The zero-order valence-electron chi connectivity index (χ0n) is 11.1. The summed E-state index contributed by atoms with van der Waals surface area (Å²) in [5, 5.41) is 9.12. The molecule has 4 nitrogen and oxygen atoms in total. The fraction of sp³-hybridized carbons (Fsp3) is 0.500. The summed E-state index contributed by atoms with van der Waals surface area (Å²) in [6.45, 7) is 4.46.